The molecule has 0 saturated heterocycles. The second-order valence-corrected chi connectivity index (χ2v) is 4.62. The molecule has 17 heteroatoms. The predicted molar refractivity (Wildman–Crippen MR) is 57.1 cm³/mol. The summed E-state index contributed by atoms with van der Waals surface area (Å²) in [6.45, 7) is 0. The van der Waals surface area contributed by atoms with Crippen LogP contribution >= 0.6 is 23.5 Å². The maximum absolute atomic E-state index is 8.88. The van der Waals surface area contributed by atoms with Crippen molar-refractivity contribution in [3.63, 3.8) is 0 Å². The molecule has 0 atom stereocenters. The van der Waals surface area contributed by atoms with E-state index in [0.717, 1.165) is 0 Å². The molecule has 0 saturated carbocycles. The Bertz CT molecular complexity index is 206. The van der Waals surface area contributed by atoms with Crippen molar-refractivity contribution in [2.24, 2.45) is 0 Å². The molecule has 0 aliphatic carbocycles. The van der Waals surface area contributed by atoms with E-state index < -0.39 is 23.5 Å². The summed E-state index contributed by atoms with van der Waals surface area (Å²) < 4.78 is 26.6. The Balaban J connectivity index is -0.0000000400. The van der Waals surface area contributed by atoms with Gasteiger partial charge in [0.1, 0.15) is 0 Å². The molecule has 100 valence electrons. The molecule has 12 nitrogen and oxygen atoms in total. The average molecular weight is 310 g/mol. The molecule has 0 fully saturated rings. The van der Waals surface area contributed by atoms with Gasteiger partial charge in [-0.3, -0.25) is 0 Å². The van der Waals surface area contributed by atoms with Gasteiger partial charge >= 0.3 is 61.2 Å². The topological polar surface area (TPSA) is 233 Å². The normalized spacial score (nSPS) is 10.4. The van der Waals surface area contributed by atoms with Crippen molar-refractivity contribution < 1.29 is 57.7 Å². The fourth-order valence-corrected chi connectivity index (χ4v) is 0. The van der Waals surface area contributed by atoms with Gasteiger partial charge in [0.15, 0.2) is 0 Å². The van der Waals surface area contributed by atoms with Crippen molar-refractivity contribution in [2.75, 3.05) is 0 Å². The van der Waals surface area contributed by atoms with Gasteiger partial charge in [-0.05, 0) is 0 Å². The van der Waals surface area contributed by atoms with E-state index in [1.165, 1.54) is 0 Å². The molecular formula is H11Li2O12P3. The van der Waals surface area contributed by atoms with Crippen LogP contribution in [0.4, 0.5) is 0 Å². The van der Waals surface area contributed by atoms with Crippen LogP contribution in [-0.4, -0.2) is 81.8 Å². The van der Waals surface area contributed by atoms with Gasteiger partial charge in [0.05, 0.1) is 0 Å². The number of hydrogen-bond acceptors (Lipinski definition) is 3. The molecule has 9 N–H and O–H groups in total. The monoisotopic (exact) mass is 310 g/mol. The van der Waals surface area contributed by atoms with Gasteiger partial charge in [-0.15, -0.1) is 0 Å². The average Bonchev–Trinajstić information content (AvgIpc) is 1.41. The number of hydrogen-bond donors (Lipinski definition) is 9. The summed E-state index contributed by atoms with van der Waals surface area (Å²) in [4.78, 5) is 64.7. The van der Waals surface area contributed by atoms with Crippen molar-refractivity contribution in [3.8, 4) is 0 Å². The Hall–Kier alpha value is 1.52. The molecule has 0 radical (unpaired) electrons. The molecule has 0 aliphatic rings. The third-order valence-electron chi connectivity index (χ3n) is 0. The second kappa shape index (κ2) is 12.6. The molecule has 0 bridgehead atoms. The second-order valence-electron chi connectivity index (χ2n) is 1.54. The molecule has 17 heavy (non-hydrogen) atoms. The third-order valence-corrected chi connectivity index (χ3v) is 0. The molecule has 0 heterocycles. The fraction of sp³-hybridized carbons (Fsp3) is 0. The van der Waals surface area contributed by atoms with E-state index in [1.807, 2.05) is 0 Å². The summed E-state index contributed by atoms with van der Waals surface area (Å²) in [6, 6.07) is 0. The zero-order chi connectivity index (χ0) is 13.5. The first-order valence-corrected chi connectivity index (χ1v) is 7.04. The summed E-state index contributed by atoms with van der Waals surface area (Å²) in [7, 11) is -13.9. The molecule has 0 aromatic heterocycles. The van der Waals surface area contributed by atoms with Crippen LogP contribution in [0.1, 0.15) is 0 Å². The van der Waals surface area contributed by atoms with E-state index >= 15 is 0 Å². The van der Waals surface area contributed by atoms with Crippen LogP contribution in [0, 0.1) is 0 Å². The fourth-order valence-electron chi connectivity index (χ4n) is 0. The summed E-state index contributed by atoms with van der Waals surface area (Å²) >= 11 is 0. The van der Waals surface area contributed by atoms with E-state index in [-0.39, 0.29) is 37.7 Å². The van der Waals surface area contributed by atoms with Crippen molar-refractivity contribution in [3.05, 3.63) is 0 Å². The van der Waals surface area contributed by atoms with E-state index in [1.54, 1.807) is 0 Å². The van der Waals surface area contributed by atoms with Crippen LogP contribution in [-0.2, 0) is 13.7 Å². The molecule has 0 aliphatic heterocycles. The minimum atomic E-state index is -4.64. The Morgan fingerprint density at radius 2 is 0.412 bits per heavy atom. The van der Waals surface area contributed by atoms with Crippen molar-refractivity contribution >= 4 is 61.2 Å². The molecular weight excluding hydrogens is 299 g/mol. The van der Waals surface area contributed by atoms with Gasteiger partial charge in [0, 0.05) is 0 Å². The number of rotatable bonds is 0. The van der Waals surface area contributed by atoms with Crippen LogP contribution < -0.4 is 0 Å². The zero-order valence-corrected chi connectivity index (χ0v) is 9.27. The van der Waals surface area contributed by atoms with Crippen LogP contribution in [0.3, 0.4) is 0 Å². The minimum absolute atomic E-state index is 0. The third kappa shape index (κ3) is 1820. The van der Waals surface area contributed by atoms with Gasteiger partial charge < -0.3 is 44.0 Å². The van der Waals surface area contributed by atoms with Gasteiger partial charge in [0.2, 0.25) is 0 Å². The molecule has 0 spiro atoms. The van der Waals surface area contributed by atoms with Crippen molar-refractivity contribution in [1.82, 2.24) is 0 Å². The zero-order valence-electron chi connectivity index (χ0n) is 6.59. The summed E-state index contributed by atoms with van der Waals surface area (Å²) in [5.74, 6) is 0. The van der Waals surface area contributed by atoms with Crippen LogP contribution in [0.5, 0.6) is 0 Å². The quantitative estimate of drug-likeness (QED) is 0.153. The van der Waals surface area contributed by atoms with Crippen molar-refractivity contribution in [1.29, 1.82) is 0 Å². The Morgan fingerprint density at radius 3 is 0.412 bits per heavy atom. The maximum atomic E-state index is 8.88. The summed E-state index contributed by atoms with van der Waals surface area (Å²) in [6.07, 6.45) is 0. The van der Waals surface area contributed by atoms with E-state index in [4.69, 9.17) is 57.7 Å². The molecule has 0 aromatic rings. The first-order valence-electron chi connectivity index (χ1n) is 2.35. The van der Waals surface area contributed by atoms with Crippen LogP contribution in [0.25, 0.3) is 0 Å². The summed E-state index contributed by atoms with van der Waals surface area (Å²) in [5, 5.41) is 0. The Morgan fingerprint density at radius 1 is 0.412 bits per heavy atom. The first kappa shape index (κ1) is 31.1. The van der Waals surface area contributed by atoms with E-state index in [9.17, 15) is 0 Å². The van der Waals surface area contributed by atoms with Gasteiger partial charge in [-0.2, -0.15) is 0 Å². The van der Waals surface area contributed by atoms with Crippen LogP contribution in [0.15, 0.2) is 0 Å². The molecule has 0 amide bonds. The SMILES string of the molecule is O=P(O)(O)O.O=P(O)(O)O.O=P(O)(O)O.[LiH].[LiH]. The summed E-state index contributed by atoms with van der Waals surface area (Å²) in [5.41, 5.74) is 0. The molecule has 0 unspecified atom stereocenters. The van der Waals surface area contributed by atoms with Gasteiger partial charge in [-0.25, -0.2) is 13.7 Å². The molecule has 0 aromatic carbocycles. The standard InChI is InChI=1S/2Li.3H3O4P.2H/c;;3*1-5(2,3)4;;/h;;3*(H3,1,2,3,4);;. The van der Waals surface area contributed by atoms with Gasteiger partial charge in [0.25, 0.3) is 0 Å². The van der Waals surface area contributed by atoms with E-state index in [0.29, 0.717) is 0 Å². The van der Waals surface area contributed by atoms with Crippen LogP contribution in [0.2, 0.25) is 0 Å². The predicted octanol–water partition coefficient (Wildman–Crippen LogP) is -4.08. The molecule has 0 rings (SSSR count). The van der Waals surface area contributed by atoms with Gasteiger partial charge in [-0.1, -0.05) is 0 Å². The van der Waals surface area contributed by atoms with E-state index in [2.05, 4.69) is 0 Å². The number of phosphoric acid groups is 3. The Labute approximate surface area is 119 Å². The first-order chi connectivity index (χ1) is 6.00. The van der Waals surface area contributed by atoms with Crippen molar-refractivity contribution in [2.45, 2.75) is 0 Å². The Kier molecular flexibility index (Phi) is 23.0.